The van der Waals surface area contributed by atoms with E-state index in [2.05, 4.69) is 15.6 Å². The van der Waals surface area contributed by atoms with Crippen LogP contribution in [0.3, 0.4) is 0 Å². The first kappa shape index (κ1) is 22.6. The molecule has 0 atom stereocenters. The molecule has 2 N–H and O–H groups in total. The molecule has 168 valence electrons. The van der Waals surface area contributed by atoms with Gasteiger partial charge in [-0.25, -0.2) is 4.98 Å². The number of nitrogens with one attached hydrogen (secondary N) is 2. The third kappa shape index (κ3) is 6.23. The highest BCUT2D eigenvalue weighted by Crippen LogP contribution is 2.24. The summed E-state index contributed by atoms with van der Waals surface area (Å²) in [7, 11) is 0. The molecule has 0 aliphatic rings. The van der Waals surface area contributed by atoms with Crippen LogP contribution in [0.2, 0.25) is 0 Å². The highest BCUT2D eigenvalue weighted by atomic mass is 32.2. The number of nitrogens with zero attached hydrogens (tertiary/aromatic N) is 2. The van der Waals surface area contributed by atoms with Crippen molar-refractivity contribution in [2.75, 3.05) is 5.75 Å². The molecule has 0 bridgehead atoms. The summed E-state index contributed by atoms with van der Waals surface area (Å²) in [6, 6.07) is 25.6. The average molecular weight is 459 g/mol. The Bertz CT molecular complexity index is 1240. The van der Waals surface area contributed by atoms with E-state index in [4.69, 9.17) is 0 Å². The minimum atomic E-state index is -0.103. The van der Waals surface area contributed by atoms with Crippen LogP contribution in [0.1, 0.15) is 16.7 Å². The molecular weight excluding hydrogens is 432 g/mol. The Morgan fingerprint density at radius 3 is 2.21 bits per heavy atom. The van der Waals surface area contributed by atoms with Gasteiger partial charge in [-0.15, -0.1) is 0 Å². The van der Waals surface area contributed by atoms with Crippen molar-refractivity contribution < 1.29 is 9.59 Å². The lowest BCUT2D eigenvalue weighted by Crippen LogP contribution is -2.27. The molecule has 3 aromatic carbocycles. The molecule has 2 amide bonds. The first-order chi connectivity index (χ1) is 16.1. The Morgan fingerprint density at radius 2 is 1.45 bits per heavy atom. The third-order valence-corrected chi connectivity index (χ3v) is 6.17. The molecule has 0 saturated carbocycles. The lowest BCUT2D eigenvalue weighted by atomic mass is 10.1. The zero-order chi connectivity index (χ0) is 23.0. The van der Waals surface area contributed by atoms with E-state index in [0.717, 1.165) is 22.2 Å². The topological polar surface area (TPSA) is 76.0 Å². The molecular formula is C26H26N4O2S. The molecule has 33 heavy (non-hydrogen) atoms. The van der Waals surface area contributed by atoms with Gasteiger partial charge in [0, 0.05) is 13.1 Å². The molecule has 4 rings (SSSR count). The highest BCUT2D eigenvalue weighted by Gasteiger charge is 2.15. The summed E-state index contributed by atoms with van der Waals surface area (Å²) in [5.74, 6) is 0.0432. The van der Waals surface area contributed by atoms with Gasteiger partial charge in [-0.1, -0.05) is 84.1 Å². The number of carbonyl (C=O) groups is 2. The molecule has 4 aromatic rings. The van der Waals surface area contributed by atoms with Crippen LogP contribution in [0.25, 0.3) is 11.0 Å². The molecule has 0 aliphatic carbocycles. The fourth-order valence-corrected chi connectivity index (χ4v) is 4.24. The van der Waals surface area contributed by atoms with Crippen molar-refractivity contribution in [2.24, 2.45) is 0 Å². The van der Waals surface area contributed by atoms with Crippen molar-refractivity contribution in [1.82, 2.24) is 20.2 Å². The molecule has 7 heteroatoms. The van der Waals surface area contributed by atoms with Gasteiger partial charge in [-0.2, -0.15) is 0 Å². The zero-order valence-electron chi connectivity index (χ0n) is 18.5. The predicted molar refractivity (Wildman–Crippen MR) is 132 cm³/mol. The van der Waals surface area contributed by atoms with Gasteiger partial charge in [-0.3, -0.25) is 9.59 Å². The smallest absolute Gasteiger partial charge is 0.240 e. The van der Waals surface area contributed by atoms with E-state index in [1.807, 2.05) is 90.4 Å². The number of para-hydroxylation sites is 2. The number of imidazole rings is 1. The van der Waals surface area contributed by atoms with Crippen molar-refractivity contribution >= 4 is 34.6 Å². The fraction of sp³-hybridized carbons (Fsp3) is 0.192. The summed E-state index contributed by atoms with van der Waals surface area (Å²) in [6.45, 7) is 3.13. The minimum Gasteiger partial charge on any atom is -0.351 e. The van der Waals surface area contributed by atoms with Crippen LogP contribution < -0.4 is 10.6 Å². The number of rotatable bonds is 9. The summed E-state index contributed by atoms with van der Waals surface area (Å²) >= 11 is 1.33. The highest BCUT2D eigenvalue weighted by molar-refractivity contribution is 7.99. The van der Waals surface area contributed by atoms with E-state index in [1.165, 1.54) is 17.3 Å². The summed E-state index contributed by atoms with van der Waals surface area (Å²) in [5.41, 5.74) is 4.96. The molecule has 0 unspecified atom stereocenters. The second kappa shape index (κ2) is 10.8. The van der Waals surface area contributed by atoms with Gasteiger partial charge in [0.05, 0.1) is 16.8 Å². The fourth-order valence-electron chi connectivity index (χ4n) is 3.40. The first-order valence-corrected chi connectivity index (χ1v) is 11.8. The Hall–Kier alpha value is -3.58. The summed E-state index contributed by atoms with van der Waals surface area (Å²) < 4.78 is 1.87. The molecule has 1 heterocycles. The average Bonchev–Trinajstić information content (AvgIpc) is 3.19. The zero-order valence-corrected chi connectivity index (χ0v) is 19.3. The maximum atomic E-state index is 12.7. The van der Waals surface area contributed by atoms with Crippen LogP contribution in [0.15, 0.2) is 84.0 Å². The maximum absolute atomic E-state index is 12.7. The lowest BCUT2D eigenvalue weighted by molar-refractivity contribution is -0.122. The SMILES string of the molecule is Cc1ccc(CNC(=O)Cn2c(SCC(=O)NCc3ccccc3)nc3ccccc32)cc1. The maximum Gasteiger partial charge on any atom is 0.240 e. The van der Waals surface area contributed by atoms with Crippen molar-refractivity contribution in [3.05, 3.63) is 95.6 Å². The second-order valence-electron chi connectivity index (χ2n) is 7.78. The van der Waals surface area contributed by atoms with E-state index in [1.54, 1.807) is 0 Å². The first-order valence-electron chi connectivity index (χ1n) is 10.8. The quantitative estimate of drug-likeness (QED) is 0.371. The number of hydrogen-bond acceptors (Lipinski definition) is 4. The Labute approximate surface area is 197 Å². The van der Waals surface area contributed by atoms with Crippen molar-refractivity contribution in [2.45, 2.75) is 31.7 Å². The van der Waals surface area contributed by atoms with E-state index in [-0.39, 0.29) is 24.1 Å². The van der Waals surface area contributed by atoms with E-state index in [0.29, 0.717) is 18.2 Å². The Morgan fingerprint density at radius 1 is 0.818 bits per heavy atom. The number of fused-ring (bicyclic) bond motifs is 1. The van der Waals surface area contributed by atoms with Gasteiger partial charge in [0.25, 0.3) is 0 Å². The number of thioether (sulfide) groups is 1. The lowest BCUT2D eigenvalue weighted by Gasteiger charge is -2.10. The molecule has 0 aliphatic heterocycles. The summed E-state index contributed by atoms with van der Waals surface area (Å²) in [4.78, 5) is 29.7. The predicted octanol–water partition coefficient (Wildman–Crippen LogP) is 4.07. The van der Waals surface area contributed by atoms with Crippen molar-refractivity contribution in [3.8, 4) is 0 Å². The summed E-state index contributed by atoms with van der Waals surface area (Å²) in [6.07, 6.45) is 0. The molecule has 0 spiro atoms. The molecule has 6 nitrogen and oxygen atoms in total. The number of hydrogen-bond donors (Lipinski definition) is 2. The molecule has 1 aromatic heterocycles. The van der Waals surface area contributed by atoms with Gasteiger partial charge in [0.1, 0.15) is 6.54 Å². The van der Waals surface area contributed by atoms with Gasteiger partial charge < -0.3 is 15.2 Å². The number of carbonyl (C=O) groups excluding carboxylic acids is 2. The largest absolute Gasteiger partial charge is 0.351 e. The van der Waals surface area contributed by atoms with Crippen LogP contribution in [0.4, 0.5) is 0 Å². The van der Waals surface area contributed by atoms with Gasteiger partial charge in [0.15, 0.2) is 5.16 Å². The van der Waals surface area contributed by atoms with E-state index < -0.39 is 0 Å². The van der Waals surface area contributed by atoms with Gasteiger partial charge >= 0.3 is 0 Å². The number of aromatic nitrogens is 2. The van der Waals surface area contributed by atoms with E-state index >= 15 is 0 Å². The van der Waals surface area contributed by atoms with Crippen LogP contribution in [0, 0.1) is 6.92 Å². The van der Waals surface area contributed by atoms with Crippen LogP contribution in [-0.4, -0.2) is 27.1 Å². The van der Waals surface area contributed by atoms with Crippen LogP contribution >= 0.6 is 11.8 Å². The van der Waals surface area contributed by atoms with Crippen molar-refractivity contribution in [3.63, 3.8) is 0 Å². The number of benzene rings is 3. The van der Waals surface area contributed by atoms with Gasteiger partial charge in [-0.05, 0) is 30.2 Å². The minimum absolute atomic E-state index is 0.0775. The normalized spacial score (nSPS) is 10.8. The second-order valence-corrected chi connectivity index (χ2v) is 8.73. The summed E-state index contributed by atoms with van der Waals surface area (Å²) in [5, 5.41) is 6.55. The van der Waals surface area contributed by atoms with Crippen molar-refractivity contribution in [1.29, 1.82) is 0 Å². The Balaban J connectivity index is 1.39. The number of amides is 2. The van der Waals surface area contributed by atoms with Gasteiger partial charge in [0.2, 0.25) is 11.8 Å². The third-order valence-electron chi connectivity index (χ3n) is 5.20. The monoisotopic (exact) mass is 458 g/mol. The molecule has 0 radical (unpaired) electrons. The Kier molecular flexibility index (Phi) is 7.42. The standard InChI is InChI=1S/C26H26N4O2S/c1-19-11-13-21(14-12-19)16-27-24(31)17-30-23-10-6-5-9-22(23)29-26(30)33-18-25(32)28-15-20-7-3-2-4-8-20/h2-14H,15-18H2,1H3,(H,27,31)(H,28,32). The van der Waals surface area contributed by atoms with Crippen LogP contribution in [0.5, 0.6) is 0 Å². The van der Waals surface area contributed by atoms with Crippen LogP contribution in [-0.2, 0) is 29.2 Å². The molecule has 0 saturated heterocycles. The number of aryl methyl sites for hydroxylation is 1. The van der Waals surface area contributed by atoms with E-state index in [9.17, 15) is 9.59 Å². The molecule has 0 fully saturated rings.